The van der Waals surface area contributed by atoms with Gasteiger partial charge in [-0.25, -0.2) is 0 Å². The van der Waals surface area contributed by atoms with E-state index in [0.29, 0.717) is 0 Å². The summed E-state index contributed by atoms with van der Waals surface area (Å²) in [7, 11) is 0.150. The fourth-order valence-electron chi connectivity index (χ4n) is 1.43. The molecular formula is C13H10Br2LiOP. The van der Waals surface area contributed by atoms with Gasteiger partial charge in [0, 0.05) is 8.95 Å². The van der Waals surface area contributed by atoms with Crippen molar-refractivity contribution in [2.45, 2.75) is 0 Å². The van der Waals surface area contributed by atoms with Gasteiger partial charge in [-0.15, -0.1) is 0 Å². The molecule has 0 fully saturated rings. The molecule has 2 aromatic carbocycles. The SMILES string of the molecule is O=C(Pc1ccccc1)c1c(Br)cccc1Br.[H-].[Li+]. The molecule has 0 aromatic heterocycles. The Balaban J connectivity index is 0.00000162. The summed E-state index contributed by atoms with van der Waals surface area (Å²) in [6.45, 7) is 0. The van der Waals surface area contributed by atoms with Crippen LogP contribution in [-0.2, 0) is 0 Å². The number of carbonyl (C=O) groups excluding carboxylic acids is 1. The number of rotatable bonds is 3. The summed E-state index contributed by atoms with van der Waals surface area (Å²) in [5, 5.41) is 1.06. The monoisotopic (exact) mass is 378 g/mol. The van der Waals surface area contributed by atoms with Gasteiger partial charge in [0.05, 0.1) is 5.56 Å². The van der Waals surface area contributed by atoms with Gasteiger partial charge in [0.1, 0.15) is 0 Å². The van der Waals surface area contributed by atoms with Crippen LogP contribution in [0.2, 0.25) is 0 Å². The molecule has 0 saturated carbocycles. The van der Waals surface area contributed by atoms with Crippen molar-refractivity contribution in [2.75, 3.05) is 0 Å². The molecule has 88 valence electrons. The number of halogens is 2. The van der Waals surface area contributed by atoms with Crippen molar-refractivity contribution in [2.24, 2.45) is 0 Å². The third kappa shape index (κ3) is 4.05. The Kier molecular flexibility index (Phi) is 6.85. The summed E-state index contributed by atoms with van der Waals surface area (Å²) in [5.41, 5.74) is 0.852. The van der Waals surface area contributed by atoms with Gasteiger partial charge in [-0.3, -0.25) is 4.79 Å². The predicted octanol–water partition coefficient (Wildman–Crippen LogP) is 1.47. The van der Waals surface area contributed by atoms with Gasteiger partial charge in [0.15, 0.2) is 5.52 Å². The van der Waals surface area contributed by atoms with E-state index in [-0.39, 0.29) is 34.4 Å². The molecule has 18 heavy (non-hydrogen) atoms. The Bertz CT molecular complexity index is 531. The second-order valence-corrected chi connectivity index (χ2v) is 6.41. The molecular weight excluding hydrogens is 370 g/mol. The van der Waals surface area contributed by atoms with Gasteiger partial charge >= 0.3 is 18.9 Å². The van der Waals surface area contributed by atoms with Crippen LogP contribution in [0.15, 0.2) is 57.5 Å². The molecule has 0 aliphatic heterocycles. The molecule has 0 radical (unpaired) electrons. The predicted molar refractivity (Wildman–Crippen MR) is 81.7 cm³/mol. The Morgan fingerprint density at radius 1 is 0.944 bits per heavy atom. The van der Waals surface area contributed by atoms with Crippen LogP contribution in [0.25, 0.3) is 0 Å². The third-order valence-corrected chi connectivity index (χ3v) is 4.64. The molecule has 0 bridgehead atoms. The van der Waals surface area contributed by atoms with Crippen LogP contribution in [0.3, 0.4) is 0 Å². The molecule has 0 N–H and O–H groups in total. The molecule has 0 spiro atoms. The number of hydrogen-bond donors (Lipinski definition) is 0. The summed E-state index contributed by atoms with van der Waals surface area (Å²) in [4.78, 5) is 12.2. The topological polar surface area (TPSA) is 17.1 Å². The van der Waals surface area contributed by atoms with Crippen LogP contribution in [0.1, 0.15) is 11.8 Å². The van der Waals surface area contributed by atoms with E-state index in [9.17, 15) is 4.79 Å². The molecule has 0 saturated heterocycles. The van der Waals surface area contributed by atoms with E-state index in [0.717, 1.165) is 19.8 Å². The number of benzene rings is 2. The maximum atomic E-state index is 12.2. The largest absolute Gasteiger partial charge is 1.00 e. The van der Waals surface area contributed by atoms with E-state index in [1.165, 1.54) is 0 Å². The first-order chi connectivity index (χ1) is 8.18. The Labute approximate surface area is 138 Å². The van der Waals surface area contributed by atoms with Crippen molar-refractivity contribution in [3.8, 4) is 0 Å². The minimum absolute atomic E-state index is 0. The first-order valence-electron chi connectivity index (χ1n) is 4.99. The third-order valence-electron chi connectivity index (χ3n) is 2.22. The summed E-state index contributed by atoms with van der Waals surface area (Å²) >= 11 is 6.83. The van der Waals surface area contributed by atoms with E-state index >= 15 is 0 Å². The quantitative estimate of drug-likeness (QED) is 0.583. The molecule has 0 heterocycles. The first-order valence-corrected chi connectivity index (χ1v) is 7.57. The summed E-state index contributed by atoms with van der Waals surface area (Å²) < 4.78 is 1.67. The van der Waals surface area contributed by atoms with Crippen LogP contribution in [0.5, 0.6) is 0 Å². The fraction of sp³-hybridized carbons (Fsp3) is 0. The van der Waals surface area contributed by atoms with Crippen molar-refractivity contribution < 1.29 is 25.1 Å². The molecule has 1 unspecified atom stereocenters. The Morgan fingerprint density at radius 2 is 1.50 bits per heavy atom. The smallest absolute Gasteiger partial charge is 1.00 e. The van der Waals surface area contributed by atoms with Gasteiger partial charge in [0.2, 0.25) is 0 Å². The number of hydrogen-bond acceptors (Lipinski definition) is 1. The zero-order chi connectivity index (χ0) is 12.3. The molecule has 1 atom stereocenters. The van der Waals surface area contributed by atoms with Gasteiger partial charge in [-0.2, -0.15) is 0 Å². The van der Waals surface area contributed by atoms with Crippen LogP contribution in [0.4, 0.5) is 0 Å². The Morgan fingerprint density at radius 3 is 2.06 bits per heavy atom. The van der Waals surface area contributed by atoms with Crippen LogP contribution >= 0.6 is 40.4 Å². The molecule has 2 aromatic rings. The molecule has 2 rings (SSSR count). The first kappa shape index (κ1) is 16.2. The average molecular weight is 380 g/mol. The van der Waals surface area contributed by atoms with E-state index in [1.54, 1.807) is 0 Å². The van der Waals surface area contributed by atoms with Crippen molar-refractivity contribution in [3.63, 3.8) is 0 Å². The van der Waals surface area contributed by atoms with Crippen molar-refractivity contribution in [1.82, 2.24) is 0 Å². The minimum Gasteiger partial charge on any atom is -1.00 e. The fourth-order valence-corrected chi connectivity index (χ4v) is 4.17. The zero-order valence-corrected chi connectivity index (χ0v) is 14.0. The van der Waals surface area contributed by atoms with Gasteiger partial charge in [0.25, 0.3) is 0 Å². The number of carbonyl (C=O) groups is 1. The second kappa shape index (κ2) is 7.63. The van der Waals surface area contributed by atoms with Gasteiger partial charge in [-0.05, 0) is 57.9 Å². The standard InChI is InChI=1S/C13H9Br2OP.Li.H/c14-10-7-4-8-11(15)12(10)13(16)17-9-5-2-1-3-6-9;;/h1-8,17H;;/q;+1;-1. The molecule has 1 nitrogen and oxygen atoms in total. The normalized spacial score (nSPS) is 10.3. The van der Waals surface area contributed by atoms with Crippen molar-refractivity contribution in [3.05, 3.63) is 63.0 Å². The zero-order valence-electron chi connectivity index (χ0n) is 10.8. The molecule has 5 heteroatoms. The van der Waals surface area contributed by atoms with E-state index in [4.69, 9.17) is 0 Å². The maximum Gasteiger partial charge on any atom is 1.00 e. The molecule has 0 amide bonds. The van der Waals surface area contributed by atoms with Gasteiger partial charge < -0.3 is 1.43 Å². The van der Waals surface area contributed by atoms with Crippen LogP contribution in [0, 0.1) is 0 Å². The maximum absolute atomic E-state index is 12.2. The molecule has 0 aliphatic rings. The summed E-state index contributed by atoms with van der Waals surface area (Å²) in [6, 6.07) is 15.5. The van der Waals surface area contributed by atoms with E-state index < -0.39 is 0 Å². The molecule has 0 aliphatic carbocycles. The van der Waals surface area contributed by atoms with E-state index in [1.807, 2.05) is 48.5 Å². The minimum atomic E-state index is 0. The Hall–Kier alpha value is 0.0974. The van der Waals surface area contributed by atoms with Gasteiger partial charge in [-0.1, -0.05) is 36.4 Å². The van der Waals surface area contributed by atoms with Crippen molar-refractivity contribution in [1.29, 1.82) is 0 Å². The summed E-state index contributed by atoms with van der Waals surface area (Å²) in [6.07, 6.45) is 0. The average Bonchev–Trinajstić information content (AvgIpc) is 2.30. The van der Waals surface area contributed by atoms with Crippen LogP contribution < -0.4 is 24.2 Å². The van der Waals surface area contributed by atoms with Crippen molar-refractivity contribution >= 4 is 51.3 Å². The second-order valence-electron chi connectivity index (χ2n) is 3.42. The summed E-state index contributed by atoms with van der Waals surface area (Å²) in [5.74, 6) is 0. The van der Waals surface area contributed by atoms with E-state index in [2.05, 4.69) is 31.9 Å². The van der Waals surface area contributed by atoms with Crippen LogP contribution in [-0.4, -0.2) is 5.52 Å².